The first-order chi connectivity index (χ1) is 7.13. The molecule has 1 nitrogen and oxygen atoms in total. The molecule has 0 spiro atoms. The second-order valence-electron chi connectivity index (χ2n) is 5.73. The third-order valence-corrected chi connectivity index (χ3v) is 4.29. The van der Waals surface area contributed by atoms with E-state index in [0.29, 0.717) is 0 Å². The summed E-state index contributed by atoms with van der Waals surface area (Å²) in [7, 11) is 2.26. The van der Waals surface area contributed by atoms with Gasteiger partial charge in [-0.3, -0.25) is 0 Å². The van der Waals surface area contributed by atoms with Crippen molar-refractivity contribution in [2.45, 2.75) is 52.9 Å². The zero-order valence-electron chi connectivity index (χ0n) is 11.1. The lowest BCUT2D eigenvalue weighted by Crippen LogP contribution is -2.18. The highest BCUT2D eigenvalue weighted by atomic mass is 15.1. The number of rotatable bonds is 6. The fraction of sp³-hybridized carbons (Fsp3) is 1.00. The van der Waals surface area contributed by atoms with Gasteiger partial charge in [0.15, 0.2) is 0 Å². The van der Waals surface area contributed by atoms with Crippen molar-refractivity contribution in [1.29, 1.82) is 0 Å². The molecule has 0 aromatic heterocycles. The topological polar surface area (TPSA) is 3.24 Å². The number of hydrogen-bond donors (Lipinski definition) is 0. The second kappa shape index (κ2) is 6.52. The van der Waals surface area contributed by atoms with Gasteiger partial charge in [0.2, 0.25) is 0 Å². The lowest BCUT2D eigenvalue weighted by molar-refractivity contribution is 0.309. The molecule has 0 radical (unpaired) electrons. The first-order valence-corrected chi connectivity index (χ1v) is 6.82. The summed E-state index contributed by atoms with van der Waals surface area (Å²) < 4.78 is 0. The molecule has 0 saturated carbocycles. The van der Waals surface area contributed by atoms with Gasteiger partial charge in [0.1, 0.15) is 0 Å². The Bertz CT molecular complexity index is 167. The minimum absolute atomic E-state index is 0.934. The van der Waals surface area contributed by atoms with Crippen molar-refractivity contribution in [3.8, 4) is 0 Å². The molecular formula is C14H29N. The van der Waals surface area contributed by atoms with Crippen molar-refractivity contribution in [3.05, 3.63) is 0 Å². The van der Waals surface area contributed by atoms with Gasteiger partial charge < -0.3 is 4.90 Å². The maximum absolute atomic E-state index is 2.48. The summed E-state index contributed by atoms with van der Waals surface area (Å²) in [5, 5.41) is 0. The van der Waals surface area contributed by atoms with Gasteiger partial charge in [-0.15, -0.1) is 0 Å². The number of likely N-dealkylation sites (tertiary alicyclic amines) is 1. The summed E-state index contributed by atoms with van der Waals surface area (Å²) in [5.41, 5.74) is 0. The van der Waals surface area contributed by atoms with E-state index < -0.39 is 0 Å². The van der Waals surface area contributed by atoms with E-state index >= 15 is 0 Å². The van der Waals surface area contributed by atoms with Crippen molar-refractivity contribution < 1.29 is 0 Å². The molecule has 0 aromatic carbocycles. The summed E-state index contributed by atoms with van der Waals surface area (Å²) in [6.45, 7) is 9.80. The summed E-state index contributed by atoms with van der Waals surface area (Å²) in [4.78, 5) is 2.48. The van der Waals surface area contributed by atoms with Crippen molar-refractivity contribution in [2.75, 3.05) is 20.1 Å². The van der Waals surface area contributed by atoms with E-state index in [1.54, 1.807) is 0 Å². The van der Waals surface area contributed by atoms with Crippen LogP contribution in [-0.4, -0.2) is 25.0 Å². The van der Waals surface area contributed by atoms with Crippen molar-refractivity contribution in [2.24, 2.45) is 17.8 Å². The van der Waals surface area contributed by atoms with Crippen LogP contribution in [0.4, 0.5) is 0 Å². The van der Waals surface area contributed by atoms with Gasteiger partial charge in [0.05, 0.1) is 0 Å². The maximum Gasteiger partial charge on any atom is 0.000963 e. The second-order valence-corrected chi connectivity index (χ2v) is 5.73. The first-order valence-electron chi connectivity index (χ1n) is 6.82. The van der Waals surface area contributed by atoms with E-state index in [1.165, 1.54) is 45.2 Å². The van der Waals surface area contributed by atoms with E-state index in [4.69, 9.17) is 0 Å². The molecule has 1 fully saturated rings. The standard InChI is InChI=1S/C14H29N/c1-5-12(2)7-6-8-13(3)14-9-10-15(4)11-14/h12-14H,5-11H2,1-4H3. The minimum Gasteiger partial charge on any atom is -0.306 e. The summed E-state index contributed by atoms with van der Waals surface area (Å²) in [5.74, 6) is 2.86. The molecule has 3 atom stereocenters. The fourth-order valence-corrected chi connectivity index (χ4v) is 2.66. The van der Waals surface area contributed by atoms with Gasteiger partial charge in [-0.1, -0.05) is 46.5 Å². The normalized spacial score (nSPS) is 26.8. The molecule has 0 amide bonds. The van der Waals surface area contributed by atoms with Crippen molar-refractivity contribution >= 4 is 0 Å². The molecular weight excluding hydrogens is 182 g/mol. The van der Waals surface area contributed by atoms with Gasteiger partial charge in [-0.25, -0.2) is 0 Å². The highest BCUT2D eigenvalue weighted by Gasteiger charge is 2.24. The van der Waals surface area contributed by atoms with Gasteiger partial charge in [-0.2, -0.15) is 0 Å². The molecule has 1 saturated heterocycles. The van der Waals surface area contributed by atoms with Crippen LogP contribution in [0.5, 0.6) is 0 Å². The van der Waals surface area contributed by atoms with Crippen LogP contribution in [0.15, 0.2) is 0 Å². The molecule has 0 bridgehead atoms. The average molecular weight is 211 g/mol. The van der Waals surface area contributed by atoms with Crippen LogP contribution in [-0.2, 0) is 0 Å². The summed E-state index contributed by atoms with van der Waals surface area (Å²) >= 11 is 0. The Hall–Kier alpha value is -0.0400. The van der Waals surface area contributed by atoms with Crippen molar-refractivity contribution in [3.63, 3.8) is 0 Å². The Morgan fingerprint density at radius 2 is 2.00 bits per heavy atom. The van der Waals surface area contributed by atoms with Crippen LogP contribution in [0.2, 0.25) is 0 Å². The fourth-order valence-electron chi connectivity index (χ4n) is 2.66. The zero-order chi connectivity index (χ0) is 11.3. The Kier molecular flexibility index (Phi) is 5.66. The van der Waals surface area contributed by atoms with E-state index in [2.05, 4.69) is 32.7 Å². The molecule has 1 rings (SSSR count). The van der Waals surface area contributed by atoms with Crippen LogP contribution in [0.3, 0.4) is 0 Å². The zero-order valence-corrected chi connectivity index (χ0v) is 11.1. The molecule has 1 aliphatic rings. The average Bonchev–Trinajstić information content (AvgIpc) is 2.64. The summed E-state index contributed by atoms with van der Waals surface area (Å²) in [6.07, 6.45) is 7.10. The molecule has 0 aromatic rings. The van der Waals surface area contributed by atoms with Crippen molar-refractivity contribution in [1.82, 2.24) is 4.90 Å². The van der Waals surface area contributed by atoms with Crippen LogP contribution in [0, 0.1) is 17.8 Å². The monoisotopic (exact) mass is 211 g/mol. The minimum atomic E-state index is 0.934. The Morgan fingerprint density at radius 3 is 2.53 bits per heavy atom. The van der Waals surface area contributed by atoms with Gasteiger partial charge in [0.25, 0.3) is 0 Å². The first kappa shape index (κ1) is 13.0. The van der Waals surface area contributed by atoms with Gasteiger partial charge >= 0.3 is 0 Å². The molecule has 1 heterocycles. The SMILES string of the molecule is CCC(C)CCCC(C)C1CCN(C)C1. The van der Waals surface area contributed by atoms with Crippen LogP contribution in [0.1, 0.15) is 52.9 Å². The van der Waals surface area contributed by atoms with Crippen LogP contribution >= 0.6 is 0 Å². The molecule has 3 unspecified atom stereocenters. The van der Waals surface area contributed by atoms with E-state index in [1.807, 2.05) is 0 Å². The number of nitrogens with zero attached hydrogens (tertiary/aromatic N) is 1. The van der Waals surface area contributed by atoms with E-state index in [9.17, 15) is 0 Å². The van der Waals surface area contributed by atoms with Crippen LogP contribution in [0.25, 0.3) is 0 Å². The Balaban J connectivity index is 2.10. The summed E-state index contributed by atoms with van der Waals surface area (Å²) in [6, 6.07) is 0. The van der Waals surface area contributed by atoms with E-state index in [0.717, 1.165) is 17.8 Å². The molecule has 1 heteroatoms. The molecule has 90 valence electrons. The molecule has 15 heavy (non-hydrogen) atoms. The highest BCUT2D eigenvalue weighted by molar-refractivity contribution is 4.77. The largest absolute Gasteiger partial charge is 0.306 e. The highest BCUT2D eigenvalue weighted by Crippen LogP contribution is 2.27. The third kappa shape index (κ3) is 4.55. The molecule has 0 N–H and O–H groups in total. The van der Waals surface area contributed by atoms with Gasteiger partial charge in [0, 0.05) is 6.54 Å². The smallest absolute Gasteiger partial charge is 0.000963 e. The Labute approximate surface area is 96.2 Å². The maximum atomic E-state index is 2.48. The predicted molar refractivity (Wildman–Crippen MR) is 68.1 cm³/mol. The lowest BCUT2D eigenvalue weighted by Gasteiger charge is -2.19. The number of hydrogen-bond acceptors (Lipinski definition) is 1. The molecule has 0 aliphatic carbocycles. The lowest BCUT2D eigenvalue weighted by atomic mass is 9.87. The quantitative estimate of drug-likeness (QED) is 0.646. The molecule has 1 aliphatic heterocycles. The third-order valence-electron chi connectivity index (χ3n) is 4.29. The van der Waals surface area contributed by atoms with Gasteiger partial charge in [-0.05, 0) is 37.8 Å². The van der Waals surface area contributed by atoms with Crippen LogP contribution < -0.4 is 0 Å². The predicted octanol–water partition coefficient (Wildman–Crippen LogP) is 3.79. The Morgan fingerprint density at radius 1 is 1.27 bits per heavy atom. The van der Waals surface area contributed by atoms with E-state index in [-0.39, 0.29) is 0 Å².